The standard InChI is InChI=1S/C13H16Cl2O2/c14-11-2-3-12(15)10(6-11)7-13(8-16)4-1-5-17-9-13/h2-3,6,16H,1,4-5,7-9H2. The Bertz CT molecular complexity index is 387. The number of halogens is 2. The van der Waals surface area contributed by atoms with Crippen molar-refractivity contribution in [1.29, 1.82) is 0 Å². The number of benzene rings is 1. The summed E-state index contributed by atoms with van der Waals surface area (Å²) in [6.07, 6.45) is 2.66. The number of ether oxygens (including phenoxy) is 1. The quantitative estimate of drug-likeness (QED) is 0.916. The fourth-order valence-corrected chi connectivity index (χ4v) is 2.69. The summed E-state index contributed by atoms with van der Waals surface area (Å²) in [6.45, 7) is 1.49. The maximum atomic E-state index is 9.61. The second-order valence-electron chi connectivity index (χ2n) is 4.73. The van der Waals surface area contributed by atoms with Gasteiger partial charge in [0, 0.05) is 22.1 Å². The zero-order chi connectivity index (χ0) is 12.3. The van der Waals surface area contributed by atoms with Crippen LogP contribution < -0.4 is 0 Å². The summed E-state index contributed by atoms with van der Waals surface area (Å²) < 4.78 is 5.48. The van der Waals surface area contributed by atoms with E-state index >= 15 is 0 Å². The molecule has 0 aliphatic carbocycles. The summed E-state index contributed by atoms with van der Waals surface area (Å²) in [5.74, 6) is 0. The molecule has 2 nitrogen and oxygen atoms in total. The monoisotopic (exact) mass is 274 g/mol. The maximum Gasteiger partial charge on any atom is 0.0547 e. The summed E-state index contributed by atoms with van der Waals surface area (Å²) >= 11 is 12.1. The topological polar surface area (TPSA) is 29.5 Å². The lowest BCUT2D eigenvalue weighted by Gasteiger charge is -2.35. The number of aliphatic hydroxyl groups is 1. The van der Waals surface area contributed by atoms with Gasteiger partial charge < -0.3 is 9.84 Å². The van der Waals surface area contributed by atoms with Crippen molar-refractivity contribution >= 4 is 23.2 Å². The third kappa shape index (κ3) is 3.14. The summed E-state index contributed by atoms with van der Waals surface area (Å²) in [4.78, 5) is 0. The van der Waals surface area contributed by atoms with Crippen molar-refractivity contribution in [1.82, 2.24) is 0 Å². The van der Waals surface area contributed by atoms with Gasteiger partial charge in [-0.15, -0.1) is 0 Å². The molecule has 17 heavy (non-hydrogen) atoms. The molecule has 1 saturated heterocycles. The number of aliphatic hydroxyl groups excluding tert-OH is 1. The lowest BCUT2D eigenvalue weighted by molar-refractivity contribution is -0.0378. The van der Waals surface area contributed by atoms with E-state index in [9.17, 15) is 5.11 Å². The lowest BCUT2D eigenvalue weighted by Crippen LogP contribution is -2.37. The van der Waals surface area contributed by atoms with Crippen molar-refractivity contribution < 1.29 is 9.84 Å². The minimum absolute atomic E-state index is 0.121. The van der Waals surface area contributed by atoms with Gasteiger partial charge in [-0.1, -0.05) is 23.2 Å². The van der Waals surface area contributed by atoms with Crippen molar-refractivity contribution in [2.45, 2.75) is 19.3 Å². The molecule has 0 radical (unpaired) electrons. The Morgan fingerprint density at radius 1 is 1.35 bits per heavy atom. The first-order valence-electron chi connectivity index (χ1n) is 5.78. The van der Waals surface area contributed by atoms with E-state index in [1.807, 2.05) is 6.07 Å². The largest absolute Gasteiger partial charge is 0.396 e. The fraction of sp³-hybridized carbons (Fsp3) is 0.538. The van der Waals surface area contributed by atoms with Crippen LogP contribution in [0.4, 0.5) is 0 Å². The SMILES string of the molecule is OCC1(Cc2cc(Cl)ccc2Cl)CCCOC1. The van der Waals surface area contributed by atoms with E-state index < -0.39 is 0 Å². The molecule has 1 N–H and O–H groups in total. The van der Waals surface area contributed by atoms with Crippen LogP contribution in [0, 0.1) is 5.41 Å². The molecular weight excluding hydrogens is 259 g/mol. The Morgan fingerprint density at radius 3 is 2.82 bits per heavy atom. The van der Waals surface area contributed by atoms with E-state index in [0.717, 1.165) is 25.0 Å². The Kier molecular flexibility index (Phi) is 4.31. The molecule has 2 rings (SSSR count). The molecule has 1 heterocycles. The van der Waals surface area contributed by atoms with E-state index in [4.69, 9.17) is 27.9 Å². The van der Waals surface area contributed by atoms with Crippen molar-refractivity contribution in [3.63, 3.8) is 0 Å². The molecule has 0 spiro atoms. The highest BCUT2D eigenvalue weighted by Crippen LogP contribution is 2.34. The van der Waals surface area contributed by atoms with Crippen LogP contribution in [0.2, 0.25) is 10.0 Å². The van der Waals surface area contributed by atoms with E-state index in [1.54, 1.807) is 12.1 Å². The highest BCUT2D eigenvalue weighted by atomic mass is 35.5. The second kappa shape index (κ2) is 5.57. The van der Waals surface area contributed by atoms with Gasteiger partial charge in [-0.2, -0.15) is 0 Å². The highest BCUT2D eigenvalue weighted by molar-refractivity contribution is 6.33. The van der Waals surface area contributed by atoms with Gasteiger partial charge in [0.2, 0.25) is 0 Å². The molecule has 1 aromatic rings. The van der Waals surface area contributed by atoms with Crippen LogP contribution in [0.3, 0.4) is 0 Å². The Labute approximate surface area is 111 Å². The van der Waals surface area contributed by atoms with Crippen LogP contribution in [0.25, 0.3) is 0 Å². The van der Waals surface area contributed by atoms with Crippen LogP contribution in [0.5, 0.6) is 0 Å². The zero-order valence-corrected chi connectivity index (χ0v) is 11.1. The number of rotatable bonds is 3. The van der Waals surface area contributed by atoms with Gasteiger partial charge in [-0.05, 0) is 43.0 Å². The maximum absolute atomic E-state index is 9.61. The van der Waals surface area contributed by atoms with Crippen molar-refractivity contribution in [3.05, 3.63) is 33.8 Å². The minimum atomic E-state index is -0.202. The van der Waals surface area contributed by atoms with E-state index in [1.165, 1.54) is 0 Å². The van der Waals surface area contributed by atoms with Gasteiger partial charge in [0.1, 0.15) is 0 Å². The first-order chi connectivity index (χ1) is 8.15. The molecule has 0 saturated carbocycles. The molecule has 1 fully saturated rings. The summed E-state index contributed by atoms with van der Waals surface area (Å²) in [7, 11) is 0. The molecule has 4 heteroatoms. The van der Waals surface area contributed by atoms with Crippen LogP contribution in [0.15, 0.2) is 18.2 Å². The van der Waals surface area contributed by atoms with Gasteiger partial charge in [0.25, 0.3) is 0 Å². The van der Waals surface area contributed by atoms with Crippen molar-refractivity contribution in [3.8, 4) is 0 Å². The molecule has 1 unspecified atom stereocenters. The highest BCUT2D eigenvalue weighted by Gasteiger charge is 2.33. The first-order valence-corrected chi connectivity index (χ1v) is 6.53. The Hall–Kier alpha value is -0.280. The third-order valence-electron chi connectivity index (χ3n) is 3.31. The minimum Gasteiger partial charge on any atom is -0.396 e. The van der Waals surface area contributed by atoms with Crippen molar-refractivity contribution in [2.24, 2.45) is 5.41 Å². The van der Waals surface area contributed by atoms with Crippen molar-refractivity contribution in [2.75, 3.05) is 19.8 Å². The van der Waals surface area contributed by atoms with Gasteiger partial charge in [0.05, 0.1) is 13.2 Å². The van der Waals surface area contributed by atoms with Crippen LogP contribution in [-0.4, -0.2) is 24.9 Å². The van der Waals surface area contributed by atoms with Crippen LogP contribution in [0.1, 0.15) is 18.4 Å². The average Bonchev–Trinajstić information content (AvgIpc) is 2.35. The molecule has 1 atom stereocenters. The smallest absolute Gasteiger partial charge is 0.0547 e. The molecule has 1 aromatic carbocycles. The average molecular weight is 275 g/mol. The summed E-state index contributed by atoms with van der Waals surface area (Å²) in [5, 5.41) is 11.0. The van der Waals surface area contributed by atoms with Crippen LogP contribution >= 0.6 is 23.2 Å². The molecule has 0 bridgehead atoms. The molecule has 1 aliphatic heterocycles. The van der Waals surface area contributed by atoms with Gasteiger partial charge in [-0.3, -0.25) is 0 Å². The second-order valence-corrected chi connectivity index (χ2v) is 5.57. The summed E-state index contributed by atoms with van der Waals surface area (Å²) in [6, 6.07) is 5.44. The predicted molar refractivity (Wildman–Crippen MR) is 69.7 cm³/mol. The van der Waals surface area contributed by atoms with Gasteiger partial charge >= 0.3 is 0 Å². The Morgan fingerprint density at radius 2 is 2.18 bits per heavy atom. The van der Waals surface area contributed by atoms with E-state index in [0.29, 0.717) is 23.1 Å². The Balaban J connectivity index is 2.20. The zero-order valence-electron chi connectivity index (χ0n) is 9.59. The fourth-order valence-electron chi connectivity index (χ4n) is 2.31. The predicted octanol–water partition coefficient (Wildman–Crippen LogP) is 3.33. The van der Waals surface area contributed by atoms with Crippen LogP contribution in [-0.2, 0) is 11.2 Å². The van der Waals surface area contributed by atoms with E-state index in [-0.39, 0.29) is 12.0 Å². The van der Waals surface area contributed by atoms with E-state index in [2.05, 4.69) is 0 Å². The molecular formula is C13H16Cl2O2. The van der Waals surface area contributed by atoms with Gasteiger partial charge in [0.15, 0.2) is 0 Å². The molecule has 1 aliphatic rings. The molecule has 0 aromatic heterocycles. The van der Waals surface area contributed by atoms with Gasteiger partial charge in [-0.25, -0.2) is 0 Å². The summed E-state index contributed by atoms with van der Waals surface area (Å²) in [5.41, 5.74) is 0.783. The number of hydrogen-bond acceptors (Lipinski definition) is 2. The number of hydrogen-bond donors (Lipinski definition) is 1. The first kappa shape index (κ1) is 13.2. The molecule has 0 amide bonds. The third-order valence-corrected chi connectivity index (χ3v) is 3.92. The molecule has 94 valence electrons. The lowest BCUT2D eigenvalue weighted by atomic mass is 9.78. The normalized spacial score (nSPS) is 24.9.